The summed E-state index contributed by atoms with van der Waals surface area (Å²) in [6.45, 7) is 0.991. The number of carbonyl (C=O) groups is 1. The van der Waals surface area contributed by atoms with Crippen molar-refractivity contribution in [3.8, 4) is 23.0 Å². The van der Waals surface area contributed by atoms with E-state index in [9.17, 15) is 4.79 Å². The predicted molar refractivity (Wildman–Crippen MR) is 95.4 cm³/mol. The number of methoxy groups -OCH3 is 2. The SMILES string of the molecule is COc1cc(C=CC(=O)c2ccc3c(c2)OCCO3)cc(Cl)c1OC. The van der Waals surface area contributed by atoms with Crippen LogP contribution in [0.1, 0.15) is 15.9 Å². The van der Waals surface area contributed by atoms with Gasteiger partial charge in [-0.3, -0.25) is 4.79 Å². The van der Waals surface area contributed by atoms with Crippen LogP contribution in [0.25, 0.3) is 6.08 Å². The molecule has 6 heteroatoms. The van der Waals surface area contributed by atoms with Gasteiger partial charge in [0.05, 0.1) is 19.2 Å². The molecule has 0 spiro atoms. The van der Waals surface area contributed by atoms with E-state index in [4.69, 9.17) is 30.5 Å². The number of hydrogen-bond acceptors (Lipinski definition) is 5. The summed E-state index contributed by atoms with van der Waals surface area (Å²) in [5.41, 5.74) is 1.25. The smallest absolute Gasteiger partial charge is 0.185 e. The first-order valence-electron chi connectivity index (χ1n) is 7.66. The molecule has 0 saturated carbocycles. The van der Waals surface area contributed by atoms with Gasteiger partial charge in [-0.05, 0) is 42.0 Å². The first-order chi connectivity index (χ1) is 12.1. The summed E-state index contributed by atoms with van der Waals surface area (Å²) in [5.74, 6) is 2.04. The Morgan fingerprint density at radius 2 is 1.84 bits per heavy atom. The highest BCUT2D eigenvalue weighted by Gasteiger charge is 2.14. The zero-order valence-corrected chi connectivity index (χ0v) is 14.6. The second kappa shape index (κ2) is 7.49. The molecule has 0 amide bonds. The average molecular weight is 361 g/mol. The van der Waals surface area contributed by atoms with E-state index in [1.807, 2.05) is 0 Å². The molecular formula is C19H17ClO5. The van der Waals surface area contributed by atoms with Crippen molar-refractivity contribution in [2.45, 2.75) is 0 Å². The fraction of sp³-hybridized carbons (Fsp3) is 0.211. The third kappa shape index (κ3) is 3.72. The molecule has 0 aliphatic carbocycles. The monoisotopic (exact) mass is 360 g/mol. The molecule has 0 radical (unpaired) electrons. The molecule has 5 nitrogen and oxygen atoms in total. The van der Waals surface area contributed by atoms with Gasteiger partial charge in [-0.25, -0.2) is 0 Å². The van der Waals surface area contributed by atoms with E-state index in [1.54, 1.807) is 36.4 Å². The van der Waals surface area contributed by atoms with E-state index in [-0.39, 0.29) is 5.78 Å². The van der Waals surface area contributed by atoms with Gasteiger partial charge in [0.15, 0.2) is 28.8 Å². The summed E-state index contributed by atoms with van der Waals surface area (Å²) in [7, 11) is 3.05. The standard InChI is InChI=1S/C19H17ClO5/c1-22-18-10-12(9-14(20)19(18)23-2)3-5-15(21)13-4-6-16-17(11-13)25-8-7-24-16/h3-6,9-11H,7-8H2,1-2H3. The van der Waals surface area contributed by atoms with Crippen molar-refractivity contribution in [2.75, 3.05) is 27.4 Å². The van der Waals surface area contributed by atoms with E-state index in [0.29, 0.717) is 46.8 Å². The fourth-order valence-electron chi connectivity index (χ4n) is 2.50. The van der Waals surface area contributed by atoms with Crippen molar-refractivity contribution in [3.05, 3.63) is 52.6 Å². The summed E-state index contributed by atoms with van der Waals surface area (Å²) >= 11 is 6.17. The average Bonchev–Trinajstić information content (AvgIpc) is 2.65. The molecule has 0 unspecified atom stereocenters. The molecule has 0 saturated heterocycles. The molecule has 0 aromatic heterocycles. The highest BCUT2D eigenvalue weighted by atomic mass is 35.5. The van der Waals surface area contributed by atoms with Crippen LogP contribution in [0.15, 0.2) is 36.4 Å². The number of fused-ring (bicyclic) bond motifs is 1. The Morgan fingerprint density at radius 3 is 2.56 bits per heavy atom. The van der Waals surface area contributed by atoms with Gasteiger partial charge in [-0.15, -0.1) is 0 Å². The van der Waals surface area contributed by atoms with Gasteiger partial charge in [0.1, 0.15) is 13.2 Å². The van der Waals surface area contributed by atoms with Crippen molar-refractivity contribution in [1.82, 2.24) is 0 Å². The minimum absolute atomic E-state index is 0.150. The Kier molecular flexibility index (Phi) is 5.14. The third-order valence-corrected chi connectivity index (χ3v) is 3.99. The van der Waals surface area contributed by atoms with Crippen molar-refractivity contribution in [3.63, 3.8) is 0 Å². The van der Waals surface area contributed by atoms with Gasteiger partial charge >= 0.3 is 0 Å². The van der Waals surface area contributed by atoms with Crippen LogP contribution in [0.3, 0.4) is 0 Å². The van der Waals surface area contributed by atoms with E-state index >= 15 is 0 Å². The number of ketones is 1. The molecule has 1 heterocycles. The van der Waals surface area contributed by atoms with Gasteiger partial charge in [0.2, 0.25) is 0 Å². The topological polar surface area (TPSA) is 54.0 Å². The highest BCUT2D eigenvalue weighted by molar-refractivity contribution is 6.32. The summed E-state index contributed by atoms with van der Waals surface area (Å²) in [6, 6.07) is 8.59. The van der Waals surface area contributed by atoms with Crippen LogP contribution in [0.4, 0.5) is 0 Å². The summed E-state index contributed by atoms with van der Waals surface area (Å²) in [5, 5.41) is 0.410. The first-order valence-corrected chi connectivity index (χ1v) is 8.03. The molecule has 0 N–H and O–H groups in total. The zero-order valence-electron chi connectivity index (χ0n) is 13.9. The Hall–Kier alpha value is -2.66. The maximum atomic E-state index is 12.4. The summed E-state index contributed by atoms with van der Waals surface area (Å²) in [6.07, 6.45) is 3.15. The minimum Gasteiger partial charge on any atom is -0.493 e. The normalized spacial score (nSPS) is 12.9. The van der Waals surface area contributed by atoms with Gasteiger partial charge in [0.25, 0.3) is 0 Å². The van der Waals surface area contributed by atoms with Gasteiger partial charge in [-0.1, -0.05) is 17.7 Å². The van der Waals surface area contributed by atoms with Gasteiger partial charge in [0, 0.05) is 5.56 Å². The van der Waals surface area contributed by atoms with Crippen LogP contribution in [0, 0.1) is 0 Å². The van der Waals surface area contributed by atoms with Crippen molar-refractivity contribution in [1.29, 1.82) is 0 Å². The van der Waals surface area contributed by atoms with Crippen LogP contribution < -0.4 is 18.9 Å². The molecule has 0 atom stereocenters. The number of rotatable bonds is 5. The molecule has 130 valence electrons. The van der Waals surface area contributed by atoms with Crippen molar-refractivity contribution in [2.24, 2.45) is 0 Å². The molecule has 25 heavy (non-hydrogen) atoms. The lowest BCUT2D eigenvalue weighted by Crippen LogP contribution is -2.15. The maximum absolute atomic E-state index is 12.4. The number of benzene rings is 2. The summed E-state index contributed by atoms with van der Waals surface area (Å²) in [4.78, 5) is 12.4. The lowest BCUT2D eigenvalue weighted by molar-refractivity contribution is 0.104. The molecule has 2 aromatic rings. The van der Waals surface area contributed by atoms with Gasteiger partial charge < -0.3 is 18.9 Å². The van der Waals surface area contributed by atoms with Crippen LogP contribution in [0.2, 0.25) is 5.02 Å². The van der Waals surface area contributed by atoms with Crippen molar-refractivity contribution >= 4 is 23.5 Å². The third-order valence-electron chi connectivity index (χ3n) is 3.71. The lowest BCUT2D eigenvalue weighted by atomic mass is 10.1. The second-order valence-electron chi connectivity index (χ2n) is 5.29. The molecule has 0 bridgehead atoms. The fourth-order valence-corrected chi connectivity index (χ4v) is 2.80. The Bertz CT molecular complexity index is 829. The minimum atomic E-state index is -0.150. The zero-order chi connectivity index (χ0) is 17.8. The Morgan fingerprint density at radius 1 is 1.08 bits per heavy atom. The van der Waals surface area contributed by atoms with Gasteiger partial charge in [-0.2, -0.15) is 0 Å². The highest BCUT2D eigenvalue weighted by Crippen LogP contribution is 2.36. The van der Waals surface area contributed by atoms with E-state index in [2.05, 4.69) is 0 Å². The molecular weight excluding hydrogens is 344 g/mol. The molecule has 3 rings (SSSR count). The van der Waals surface area contributed by atoms with E-state index < -0.39 is 0 Å². The molecule has 1 aliphatic heterocycles. The molecule has 2 aromatic carbocycles. The van der Waals surface area contributed by atoms with E-state index in [0.717, 1.165) is 5.56 Å². The number of hydrogen-bond donors (Lipinski definition) is 0. The number of carbonyl (C=O) groups excluding carboxylic acids is 1. The number of allylic oxidation sites excluding steroid dienone is 1. The van der Waals surface area contributed by atoms with Crippen LogP contribution in [-0.2, 0) is 0 Å². The molecule has 1 aliphatic rings. The predicted octanol–water partition coefficient (Wildman–Crippen LogP) is 4.02. The lowest BCUT2D eigenvalue weighted by Gasteiger charge is -2.18. The quantitative estimate of drug-likeness (QED) is 0.595. The number of ether oxygens (including phenoxy) is 4. The second-order valence-corrected chi connectivity index (χ2v) is 5.70. The maximum Gasteiger partial charge on any atom is 0.185 e. The van der Waals surface area contributed by atoms with Crippen molar-refractivity contribution < 1.29 is 23.7 Å². The van der Waals surface area contributed by atoms with Crippen LogP contribution in [-0.4, -0.2) is 33.2 Å². The summed E-state index contributed by atoms with van der Waals surface area (Å²) < 4.78 is 21.4. The van der Waals surface area contributed by atoms with Crippen LogP contribution >= 0.6 is 11.6 Å². The largest absolute Gasteiger partial charge is 0.493 e. The van der Waals surface area contributed by atoms with E-state index in [1.165, 1.54) is 20.3 Å². The first kappa shape index (κ1) is 17.2. The van der Waals surface area contributed by atoms with Crippen LogP contribution in [0.5, 0.6) is 23.0 Å². The Labute approximate surface area is 150 Å². The Balaban J connectivity index is 1.82. The molecule has 0 fully saturated rings. The number of halogens is 1.